The normalized spacial score (nSPS) is 11.7. The van der Waals surface area contributed by atoms with Gasteiger partial charge < -0.3 is 0 Å². The van der Waals surface area contributed by atoms with Gasteiger partial charge in [-0.3, -0.25) is 0 Å². The van der Waals surface area contributed by atoms with Crippen LogP contribution >= 0.6 is 19.4 Å². The second kappa shape index (κ2) is 4.97. The van der Waals surface area contributed by atoms with Crippen LogP contribution in [0.25, 0.3) is 0 Å². The molecule has 0 aliphatic heterocycles. The molecule has 0 aliphatic carbocycles. The topological polar surface area (TPSA) is 0 Å². The van der Waals surface area contributed by atoms with Crippen LogP contribution in [0.3, 0.4) is 0 Å². The van der Waals surface area contributed by atoms with Crippen LogP contribution in [0.5, 0.6) is 0 Å². The predicted octanol–water partition coefficient (Wildman–Crippen LogP) is 2.30. The van der Waals surface area contributed by atoms with Gasteiger partial charge in [0.25, 0.3) is 0 Å². The van der Waals surface area contributed by atoms with Gasteiger partial charge in [0.15, 0.2) is 0 Å². The fourth-order valence-electron chi connectivity index (χ4n) is 0.0420. The molecule has 0 unspecified atom stereocenters. The molecule has 0 radical (unpaired) electrons. The van der Waals surface area contributed by atoms with Crippen molar-refractivity contribution in [3.05, 3.63) is 0 Å². The fraction of sp³-hybridized carbons (Fsp3) is 1.00. The maximum absolute atomic E-state index is 5.46. The predicted molar refractivity (Wildman–Crippen MR) is 21.3 cm³/mol. The zero-order valence-corrected chi connectivity index (χ0v) is 7.63. The van der Waals surface area contributed by atoms with E-state index >= 15 is 0 Å². The molecule has 0 spiro atoms. The van der Waals surface area contributed by atoms with Crippen LogP contribution in [0.15, 0.2) is 0 Å². The van der Waals surface area contributed by atoms with Gasteiger partial charge in [-0.2, -0.15) is 0 Å². The third-order valence-corrected chi connectivity index (χ3v) is 4.18. The van der Waals surface area contributed by atoms with Crippen molar-refractivity contribution < 1.29 is 32.3 Å². The third-order valence-electron chi connectivity index (χ3n) is 0.182. The van der Waals surface area contributed by atoms with Gasteiger partial charge in [-0.15, -0.1) is 0 Å². The van der Waals surface area contributed by atoms with Gasteiger partial charge in [-0.05, 0) is 0 Å². The summed E-state index contributed by atoms with van der Waals surface area (Å²) in [6.45, 7) is 0. The fourth-order valence-corrected chi connectivity index (χ4v) is 4.41. The second-order valence-corrected chi connectivity index (χ2v) is 7.67. The van der Waals surface area contributed by atoms with Gasteiger partial charge in [0.05, 0.1) is 0 Å². The molecule has 0 atom stereocenters. The molecule has 6 heavy (non-hydrogen) atoms. The Balaban J connectivity index is 2.63. The molecule has 0 heterocycles. The number of rotatable bonds is 2. The molecule has 0 bridgehead atoms. The first-order valence-corrected chi connectivity index (χ1v) is 7.76. The van der Waals surface area contributed by atoms with Gasteiger partial charge in [0.2, 0.25) is 0 Å². The second-order valence-electron chi connectivity index (χ2n) is 0.559. The van der Waals surface area contributed by atoms with E-state index in [-0.39, 0.29) is 0 Å². The summed E-state index contributed by atoms with van der Waals surface area (Å²) in [6.07, 6.45) is 0. The molecular formula is C2H4Cl2Rh2. The van der Waals surface area contributed by atoms with E-state index in [1.54, 1.807) is 0 Å². The summed E-state index contributed by atoms with van der Waals surface area (Å²) in [4.78, 5) is 0. The Hall–Kier alpha value is 1.83. The van der Waals surface area contributed by atoms with Crippen LogP contribution in [0, 0.1) is 0 Å². The Kier molecular flexibility index (Phi) is 6.49. The van der Waals surface area contributed by atoms with Gasteiger partial charge in [0, 0.05) is 0 Å². The van der Waals surface area contributed by atoms with Crippen LogP contribution in [-0.2, 0) is 32.3 Å². The van der Waals surface area contributed by atoms with Gasteiger partial charge in [-0.1, -0.05) is 0 Å². The maximum atomic E-state index is 5.46. The zero-order chi connectivity index (χ0) is 4.99. The quantitative estimate of drug-likeness (QED) is 0.687. The van der Waals surface area contributed by atoms with E-state index in [0.29, 0.717) is 0 Å². The SMILES string of the molecule is [Cl][Rh]([Cl])[CH2][CH2][Rh]. The zero-order valence-electron chi connectivity index (χ0n) is 2.84. The number of hydrogen-bond acceptors (Lipinski definition) is 0. The van der Waals surface area contributed by atoms with Crippen molar-refractivity contribution in [1.82, 2.24) is 0 Å². The summed E-state index contributed by atoms with van der Waals surface area (Å²) in [5.74, 6) is 0. The van der Waals surface area contributed by atoms with Crippen molar-refractivity contribution >= 4 is 19.4 Å². The molecule has 4 heteroatoms. The van der Waals surface area contributed by atoms with Crippen molar-refractivity contribution in [1.29, 1.82) is 0 Å². The number of halogens is 2. The van der Waals surface area contributed by atoms with Crippen LogP contribution < -0.4 is 0 Å². The Morgan fingerprint density at radius 2 is 2.00 bits per heavy atom. The van der Waals surface area contributed by atoms with E-state index in [1.807, 2.05) is 0 Å². The molecule has 0 aromatic rings. The van der Waals surface area contributed by atoms with Gasteiger partial charge in [-0.25, -0.2) is 0 Å². The number of hydrogen-bond donors (Lipinski definition) is 0. The molecule has 0 amide bonds. The summed E-state index contributed by atoms with van der Waals surface area (Å²) in [5, 5.41) is 2.00. The summed E-state index contributed by atoms with van der Waals surface area (Å²) in [5.41, 5.74) is 0. The molecule has 0 rings (SSSR count). The van der Waals surface area contributed by atoms with E-state index in [2.05, 4.69) is 18.3 Å². The van der Waals surface area contributed by atoms with Gasteiger partial charge >= 0.3 is 61.7 Å². The Labute approximate surface area is 61.2 Å². The summed E-state index contributed by atoms with van der Waals surface area (Å²) in [7, 11) is 10.9. The minimum atomic E-state index is -1.19. The summed E-state index contributed by atoms with van der Waals surface area (Å²) < 4.78 is 0. The minimum absolute atomic E-state index is 0.987. The molecular weight excluding hydrogens is 301 g/mol. The summed E-state index contributed by atoms with van der Waals surface area (Å²) in [6, 6.07) is 0. The van der Waals surface area contributed by atoms with Crippen LogP contribution in [0.1, 0.15) is 0 Å². The first-order valence-electron chi connectivity index (χ1n) is 1.22. The Morgan fingerprint density at radius 3 is 2.00 bits per heavy atom. The van der Waals surface area contributed by atoms with E-state index in [4.69, 9.17) is 19.4 Å². The Morgan fingerprint density at radius 1 is 1.50 bits per heavy atom. The van der Waals surface area contributed by atoms with Crippen LogP contribution in [0.2, 0.25) is 10.0 Å². The molecule has 0 aliphatic rings. The molecule has 0 saturated heterocycles. The molecule has 44 valence electrons. The first kappa shape index (κ1) is 7.83. The molecule has 0 aromatic carbocycles. The third kappa shape index (κ3) is 5.83. The summed E-state index contributed by atoms with van der Waals surface area (Å²) >= 11 is 1.56. The van der Waals surface area contributed by atoms with E-state index in [9.17, 15) is 0 Å². The molecule has 0 saturated carbocycles. The molecule has 0 nitrogen and oxygen atoms in total. The van der Waals surface area contributed by atoms with E-state index < -0.39 is 14.0 Å². The van der Waals surface area contributed by atoms with Crippen LogP contribution in [-0.4, -0.2) is 0 Å². The van der Waals surface area contributed by atoms with Crippen molar-refractivity contribution in [2.24, 2.45) is 0 Å². The van der Waals surface area contributed by atoms with Crippen LogP contribution in [0.4, 0.5) is 0 Å². The average Bonchev–Trinajstić information content (AvgIpc) is 1.35. The van der Waals surface area contributed by atoms with E-state index in [0.717, 1.165) is 10.0 Å². The van der Waals surface area contributed by atoms with Crippen molar-refractivity contribution in [3.63, 3.8) is 0 Å². The van der Waals surface area contributed by atoms with Crippen molar-refractivity contribution in [3.8, 4) is 0 Å². The first-order chi connectivity index (χ1) is 2.77. The molecule has 0 fully saturated rings. The molecule has 0 N–H and O–H groups in total. The average molecular weight is 305 g/mol. The van der Waals surface area contributed by atoms with Crippen molar-refractivity contribution in [2.45, 2.75) is 10.0 Å². The Bertz CT molecular complexity index is 30.7. The molecule has 0 aromatic heterocycles. The van der Waals surface area contributed by atoms with Gasteiger partial charge in [0.1, 0.15) is 0 Å². The van der Waals surface area contributed by atoms with E-state index in [1.165, 1.54) is 0 Å². The van der Waals surface area contributed by atoms with Crippen molar-refractivity contribution in [2.75, 3.05) is 0 Å². The standard InChI is InChI=1S/C2H4.2ClH.2Rh/c1-2;;;;/h1-2H2;2*1H;;/q;;;;+2/p-2. The monoisotopic (exact) mass is 304 g/mol.